The first-order chi connectivity index (χ1) is 13.6. The number of fused-ring (bicyclic) bond motifs is 1. The molecule has 2 atom stereocenters. The maximum Gasteiger partial charge on any atom is 0.331 e. The highest BCUT2D eigenvalue weighted by atomic mass is 16.5. The van der Waals surface area contributed by atoms with Crippen LogP contribution in [0.15, 0.2) is 54.6 Å². The van der Waals surface area contributed by atoms with Crippen molar-refractivity contribution >= 4 is 18.0 Å². The fraction of sp³-hybridized carbons (Fsp3) is 0.304. The third-order valence-electron chi connectivity index (χ3n) is 4.89. The first-order valence-electron chi connectivity index (χ1n) is 9.48. The molecule has 0 saturated heterocycles. The minimum atomic E-state index is -0.871. The lowest BCUT2D eigenvalue weighted by Gasteiger charge is -2.27. The van der Waals surface area contributed by atoms with Crippen molar-refractivity contribution in [3.8, 4) is 5.75 Å². The molecule has 0 unspecified atom stereocenters. The van der Waals surface area contributed by atoms with E-state index in [0.717, 1.165) is 30.4 Å². The molecule has 3 rings (SSSR count). The van der Waals surface area contributed by atoms with Crippen LogP contribution in [-0.4, -0.2) is 25.1 Å². The molecule has 0 radical (unpaired) electrons. The minimum Gasteiger partial charge on any atom is -0.496 e. The van der Waals surface area contributed by atoms with Gasteiger partial charge in [-0.3, -0.25) is 4.79 Å². The average molecular weight is 379 g/mol. The number of rotatable bonds is 6. The molecule has 1 amide bonds. The Morgan fingerprint density at radius 3 is 2.71 bits per heavy atom. The molecule has 1 aliphatic rings. The number of benzene rings is 2. The molecule has 5 nitrogen and oxygen atoms in total. The third kappa shape index (κ3) is 4.80. The number of amides is 1. The minimum absolute atomic E-state index is 0.0391. The summed E-state index contributed by atoms with van der Waals surface area (Å²) in [5.74, 6) is -0.202. The summed E-state index contributed by atoms with van der Waals surface area (Å²) in [5, 5.41) is 3.01. The van der Waals surface area contributed by atoms with E-state index < -0.39 is 12.1 Å². The molecule has 28 heavy (non-hydrogen) atoms. The SMILES string of the molecule is COc1ccccc1/C=C/C(=O)O[C@@H](C)C(=O)N[C@H]1CCCc2ccccc21. The fourth-order valence-corrected chi connectivity index (χ4v) is 3.42. The highest BCUT2D eigenvalue weighted by molar-refractivity contribution is 5.90. The topological polar surface area (TPSA) is 64.6 Å². The summed E-state index contributed by atoms with van der Waals surface area (Å²) in [6.07, 6.45) is 4.99. The Morgan fingerprint density at radius 1 is 1.14 bits per heavy atom. The van der Waals surface area contributed by atoms with Crippen LogP contribution in [0.2, 0.25) is 0 Å². The zero-order valence-electron chi connectivity index (χ0n) is 16.2. The summed E-state index contributed by atoms with van der Waals surface area (Å²) in [7, 11) is 1.57. The predicted octanol–water partition coefficient (Wildman–Crippen LogP) is 3.83. The van der Waals surface area contributed by atoms with Gasteiger partial charge < -0.3 is 14.8 Å². The molecule has 0 heterocycles. The van der Waals surface area contributed by atoms with Gasteiger partial charge in [0.05, 0.1) is 13.2 Å². The number of esters is 1. The van der Waals surface area contributed by atoms with E-state index in [1.54, 1.807) is 20.1 Å². The number of carbonyl (C=O) groups is 2. The lowest BCUT2D eigenvalue weighted by Crippen LogP contribution is -2.39. The third-order valence-corrected chi connectivity index (χ3v) is 4.89. The number of aryl methyl sites for hydroxylation is 1. The Kier molecular flexibility index (Phi) is 6.48. The van der Waals surface area contributed by atoms with Gasteiger partial charge in [-0.05, 0) is 49.5 Å². The molecule has 0 aliphatic heterocycles. The van der Waals surface area contributed by atoms with Crippen molar-refractivity contribution in [1.29, 1.82) is 0 Å². The van der Waals surface area contributed by atoms with Gasteiger partial charge in [0.25, 0.3) is 5.91 Å². The van der Waals surface area contributed by atoms with E-state index in [9.17, 15) is 9.59 Å². The van der Waals surface area contributed by atoms with E-state index in [1.165, 1.54) is 11.6 Å². The van der Waals surface area contributed by atoms with Crippen molar-refractivity contribution in [3.63, 3.8) is 0 Å². The number of carbonyl (C=O) groups excluding carboxylic acids is 2. The van der Waals surface area contributed by atoms with Crippen LogP contribution < -0.4 is 10.1 Å². The molecule has 1 N–H and O–H groups in total. The highest BCUT2D eigenvalue weighted by Gasteiger charge is 2.24. The Bertz CT molecular complexity index is 874. The van der Waals surface area contributed by atoms with Gasteiger partial charge in [-0.2, -0.15) is 0 Å². The average Bonchev–Trinajstić information content (AvgIpc) is 2.72. The zero-order chi connectivity index (χ0) is 19.9. The fourth-order valence-electron chi connectivity index (χ4n) is 3.42. The van der Waals surface area contributed by atoms with Crippen LogP contribution in [0.4, 0.5) is 0 Å². The zero-order valence-corrected chi connectivity index (χ0v) is 16.2. The van der Waals surface area contributed by atoms with Gasteiger partial charge in [-0.25, -0.2) is 4.79 Å². The number of hydrogen-bond acceptors (Lipinski definition) is 4. The van der Waals surface area contributed by atoms with Crippen LogP contribution in [0.5, 0.6) is 5.75 Å². The number of ether oxygens (including phenoxy) is 2. The number of methoxy groups -OCH3 is 1. The molecule has 0 spiro atoms. The van der Waals surface area contributed by atoms with Crippen LogP contribution in [0.1, 0.15) is 42.5 Å². The van der Waals surface area contributed by atoms with Gasteiger partial charge in [0.2, 0.25) is 0 Å². The molecule has 5 heteroatoms. The van der Waals surface area contributed by atoms with E-state index in [2.05, 4.69) is 11.4 Å². The summed E-state index contributed by atoms with van der Waals surface area (Å²) >= 11 is 0. The van der Waals surface area contributed by atoms with Gasteiger partial charge in [0.1, 0.15) is 5.75 Å². The van der Waals surface area contributed by atoms with Crippen LogP contribution in [0, 0.1) is 0 Å². The molecule has 1 aliphatic carbocycles. The van der Waals surface area contributed by atoms with Gasteiger partial charge in [0, 0.05) is 11.6 Å². The van der Waals surface area contributed by atoms with Crippen LogP contribution in [0.3, 0.4) is 0 Å². The Labute approximate surface area is 165 Å². The molecular formula is C23H25NO4. The maximum atomic E-state index is 12.5. The predicted molar refractivity (Wildman–Crippen MR) is 108 cm³/mol. The molecule has 2 aromatic rings. The lowest BCUT2D eigenvalue weighted by molar-refractivity contribution is -0.150. The van der Waals surface area contributed by atoms with Crippen LogP contribution in [0.25, 0.3) is 6.08 Å². The van der Waals surface area contributed by atoms with E-state index in [1.807, 2.05) is 42.5 Å². The quantitative estimate of drug-likeness (QED) is 0.612. The number of hydrogen-bond donors (Lipinski definition) is 1. The van der Waals surface area contributed by atoms with Gasteiger partial charge in [0.15, 0.2) is 6.10 Å². The van der Waals surface area contributed by atoms with Gasteiger partial charge in [-0.1, -0.05) is 42.5 Å². The molecule has 0 fully saturated rings. The maximum absolute atomic E-state index is 12.5. The molecule has 0 bridgehead atoms. The second-order valence-corrected chi connectivity index (χ2v) is 6.81. The summed E-state index contributed by atoms with van der Waals surface area (Å²) in [4.78, 5) is 24.6. The monoisotopic (exact) mass is 379 g/mol. The summed E-state index contributed by atoms with van der Waals surface area (Å²) in [6, 6.07) is 15.4. The van der Waals surface area contributed by atoms with Crippen molar-refractivity contribution in [3.05, 3.63) is 71.3 Å². The normalized spacial score (nSPS) is 16.9. The molecular weight excluding hydrogens is 354 g/mol. The number of nitrogens with one attached hydrogen (secondary N) is 1. The first kappa shape index (κ1) is 19.7. The van der Waals surface area contributed by atoms with Crippen molar-refractivity contribution in [2.45, 2.75) is 38.3 Å². The van der Waals surface area contributed by atoms with Crippen LogP contribution in [-0.2, 0) is 20.7 Å². The molecule has 2 aromatic carbocycles. The first-order valence-corrected chi connectivity index (χ1v) is 9.48. The smallest absolute Gasteiger partial charge is 0.331 e. The summed E-state index contributed by atoms with van der Waals surface area (Å²) < 4.78 is 10.5. The Morgan fingerprint density at radius 2 is 1.89 bits per heavy atom. The van der Waals surface area contributed by atoms with Gasteiger partial charge in [-0.15, -0.1) is 0 Å². The molecule has 146 valence electrons. The van der Waals surface area contributed by atoms with Crippen LogP contribution >= 0.6 is 0 Å². The van der Waals surface area contributed by atoms with Crippen molar-refractivity contribution in [2.24, 2.45) is 0 Å². The van der Waals surface area contributed by atoms with Crippen molar-refractivity contribution in [1.82, 2.24) is 5.32 Å². The van der Waals surface area contributed by atoms with Crippen molar-refractivity contribution < 1.29 is 19.1 Å². The van der Waals surface area contributed by atoms with Gasteiger partial charge >= 0.3 is 5.97 Å². The lowest BCUT2D eigenvalue weighted by atomic mass is 9.87. The second kappa shape index (κ2) is 9.22. The molecule has 0 saturated carbocycles. The Balaban J connectivity index is 1.57. The highest BCUT2D eigenvalue weighted by Crippen LogP contribution is 2.29. The number of para-hydroxylation sites is 1. The van der Waals surface area contributed by atoms with E-state index in [0.29, 0.717) is 5.75 Å². The largest absolute Gasteiger partial charge is 0.496 e. The second-order valence-electron chi connectivity index (χ2n) is 6.81. The van der Waals surface area contributed by atoms with E-state index in [4.69, 9.17) is 9.47 Å². The van der Waals surface area contributed by atoms with E-state index >= 15 is 0 Å². The van der Waals surface area contributed by atoms with E-state index in [-0.39, 0.29) is 11.9 Å². The summed E-state index contributed by atoms with van der Waals surface area (Å²) in [5.41, 5.74) is 3.18. The Hall–Kier alpha value is -3.08. The standard InChI is InChI=1S/C23H25NO4/c1-16(28-22(25)15-14-18-9-4-6-13-21(18)27-2)23(26)24-20-12-7-10-17-8-3-5-11-19(17)20/h3-6,8-9,11,13-16,20H,7,10,12H2,1-2H3,(H,24,26)/b15-14+/t16-,20-/m0/s1. The molecule has 0 aromatic heterocycles. The van der Waals surface area contributed by atoms with Crippen molar-refractivity contribution in [2.75, 3.05) is 7.11 Å². The summed E-state index contributed by atoms with van der Waals surface area (Å²) in [6.45, 7) is 1.58.